The zero-order chi connectivity index (χ0) is 12.6. The van der Waals surface area contributed by atoms with Crippen LogP contribution in [0.5, 0.6) is 0 Å². The average Bonchev–Trinajstić information content (AvgIpc) is 3.24. The molecule has 3 aliphatic rings. The molecule has 0 bridgehead atoms. The molecule has 0 spiro atoms. The van der Waals surface area contributed by atoms with Crippen LogP contribution in [0.3, 0.4) is 0 Å². The van der Waals surface area contributed by atoms with Gasteiger partial charge >= 0.3 is 5.97 Å². The van der Waals surface area contributed by atoms with Crippen LogP contribution in [0.25, 0.3) is 0 Å². The number of rotatable bonds is 5. The first-order valence-corrected chi connectivity index (χ1v) is 7.68. The lowest BCUT2D eigenvalue weighted by Crippen LogP contribution is -2.56. The van der Waals surface area contributed by atoms with Crippen molar-refractivity contribution in [3.05, 3.63) is 0 Å². The van der Waals surface area contributed by atoms with Crippen molar-refractivity contribution in [1.29, 1.82) is 0 Å². The highest BCUT2D eigenvalue weighted by molar-refractivity contribution is 5.81. The van der Waals surface area contributed by atoms with Crippen molar-refractivity contribution < 1.29 is 9.53 Å². The Bertz CT molecular complexity index is 322. The molecule has 2 atom stereocenters. The van der Waals surface area contributed by atoms with Crippen molar-refractivity contribution in [2.24, 2.45) is 11.8 Å². The molecule has 3 aliphatic carbocycles. The summed E-state index contributed by atoms with van der Waals surface area (Å²) in [7, 11) is 0. The monoisotopic (exact) mass is 251 g/mol. The molecule has 3 nitrogen and oxygen atoms in total. The van der Waals surface area contributed by atoms with Gasteiger partial charge in [-0.1, -0.05) is 12.8 Å². The number of carbonyl (C=O) groups is 1. The maximum atomic E-state index is 12.4. The van der Waals surface area contributed by atoms with Crippen molar-refractivity contribution in [1.82, 2.24) is 5.32 Å². The van der Waals surface area contributed by atoms with Crippen LogP contribution in [0.4, 0.5) is 0 Å². The molecular formula is C15H25NO2. The molecule has 0 aromatic carbocycles. The molecule has 3 rings (SSSR count). The van der Waals surface area contributed by atoms with E-state index in [0.717, 1.165) is 24.7 Å². The van der Waals surface area contributed by atoms with E-state index in [1.807, 2.05) is 6.92 Å². The third kappa shape index (κ3) is 2.56. The fourth-order valence-electron chi connectivity index (χ4n) is 3.55. The summed E-state index contributed by atoms with van der Waals surface area (Å²) in [5, 5.41) is 3.63. The molecule has 0 radical (unpaired) electrons. The smallest absolute Gasteiger partial charge is 0.326 e. The van der Waals surface area contributed by atoms with Crippen LogP contribution in [-0.2, 0) is 9.53 Å². The maximum absolute atomic E-state index is 12.4. The van der Waals surface area contributed by atoms with Crippen LogP contribution < -0.4 is 5.32 Å². The molecule has 3 saturated carbocycles. The molecule has 0 aromatic heterocycles. The van der Waals surface area contributed by atoms with E-state index >= 15 is 0 Å². The highest BCUT2D eigenvalue weighted by Gasteiger charge is 2.49. The third-order valence-corrected chi connectivity index (χ3v) is 4.80. The molecule has 2 unspecified atom stereocenters. The summed E-state index contributed by atoms with van der Waals surface area (Å²) in [6.07, 6.45) is 9.72. The average molecular weight is 251 g/mol. The van der Waals surface area contributed by atoms with Gasteiger partial charge in [0.1, 0.15) is 5.54 Å². The lowest BCUT2D eigenvalue weighted by atomic mass is 9.73. The zero-order valence-corrected chi connectivity index (χ0v) is 11.4. The normalized spacial score (nSPS) is 36.4. The predicted octanol–water partition coefficient (Wildman–Crippen LogP) is 2.64. The second-order valence-electron chi connectivity index (χ2n) is 6.42. The number of ether oxygens (including phenoxy) is 1. The highest BCUT2D eigenvalue weighted by atomic mass is 16.5. The standard InChI is InChI=1S/C15H25NO2/c1-2-18-14(17)15(16-13-7-8-13)9-3-4-12(10-15)11-5-6-11/h11-13,16H,2-10H2,1H3. The van der Waals surface area contributed by atoms with E-state index in [4.69, 9.17) is 4.74 Å². The van der Waals surface area contributed by atoms with Gasteiger partial charge in [0.05, 0.1) is 6.61 Å². The van der Waals surface area contributed by atoms with Gasteiger partial charge in [-0.2, -0.15) is 0 Å². The lowest BCUT2D eigenvalue weighted by Gasteiger charge is -2.40. The molecule has 0 aromatic rings. The van der Waals surface area contributed by atoms with Crippen LogP contribution in [0.15, 0.2) is 0 Å². The van der Waals surface area contributed by atoms with E-state index in [-0.39, 0.29) is 11.5 Å². The van der Waals surface area contributed by atoms with E-state index in [0.29, 0.717) is 12.6 Å². The maximum Gasteiger partial charge on any atom is 0.326 e. The Hall–Kier alpha value is -0.570. The second kappa shape index (κ2) is 4.84. The molecule has 3 heteroatoms. The molecule has 0 amide bonds. The van der Waals surface area contributed by atoms with Crippen molar-refractivity contribution in [2.75, 3.05) is 6.61 Å². The van der Waals surface area contributed by atoms with Gasteiger partial charge in [-0.3, -0.25) is 10.1 Å². The Kier molecular flexibility index (Phi) is 3.35. The summed E-state index contributed by atoms with van der Waals surface area (Å²) in [4.78, 5) is 12.4. The lowest BCUT2D eigenvalue weighted by molar-refractivity contribution is -0.154. The zero-order valence-electron chi connectivity index (χ0n) is 11.4. The van der Waals surface area contributed by atoms with Crippen LogP contribution in [0, 0.1) is 11.8 Å². The van der Waals surface area contributed by atoms with E-state index in [1.165, 1.54) is 38.5 Å². The summed E-state index contributed by atoms with van der Waals surface area (Å²) < 4.78 is 5.36. The Morgan fingerprint density at radius 2 is 2.00 bits per heavy atom. The minimum absolute atomic E-state index is 0.0160. The fraction of sp³-hybridized carbons (Fsp3) is 0.933. The predicted molar refractivity (Wildman–Crippen MR) is 70.2 cm³/mol. The number of nitrogens with one attached hydrogen (secondary N) is 1. The Balaban J connectivity index is 1.71. The van der Waals surface area contributed by atoms with E-state index in [9.17, 15) is 4.79 Å². The fourth-order valence-corrected chi connectivity index (χ4v) is 3.55. The van der Waals surface area contributed by atoms with Crippen molar-refractivity contribution >= 4 is 5.97 Å². The van der Waals surface area contributed by atoms with Gasteiger partial charge in [0.25, 0.3) is 0 Å². The number of hydrogen-bond donors (Lipinski definition) is 1. The minimum atomic E-state index is -0.345. The van der Waals surface area contributed by atoms with E-state index in [2.05, 4.69) is 5.32 Å². The SMILES string of the molecule is CCOC(=O)C1(NC2CC2)CCCC(C2CC2)C1. The Labute approximate surface area is 110 Å². The first kappa shape index (κ1) is 12.5. The summed E-state index contributed by atoms with van der Waals surface area (Å²) in [5.74, 6) is 1.68. The number of carbonyl (C=O) groups excluding carboxylic acids is 1. The number of esters is 1. The minimum Gasteiger partial charge on any atom is -0.465 e. The van der Waals surface area contributed by atoms with E-state index < -0.39 is 0 Å². The van der Waals surface area contributed by atoms with Crippen LogP contribution in [-0.4, -0.2) is 24.2 Å². The van der Waals surface area contributed by atoms with Crippen molar-refractivity contribution in [3.8, 4) is 0 Å². The van der Waals surface area contributed by atoms with Gasteiger partial charge in [0.2, 0.25) is 0 Å². The van der Waals surface area contributed by atoms with Crippen molar-refractivity contribution in [3.63, 3.8) is 0 Å². The molecule has 0 heterocycles. The van der Waals surface area contributed by atoms with Gasteiger partial charge in [-0.05, 0) is 57.3 Å². The Morgan fingerprint density at radius 1 is 1.22 bits per heavy atom. The first-order valence-electron chi connectivity index (χ1n) is 7.68. The third-order valence-electron chi connectivity index (χ3n) is 4.80. The molecule has 0 aliphatic heterocycles. The van der Waals surface area contributed by atoms with Gasteiger partial charge in [-0.25, -0.2) is 0 Å². The quantitative estimate of drug-likeness (QED) is 0.763. The largest absolute Gasteiger partial charge is 0.465 e. The summed E-state index contributed by atoms with van der Waals surface area (Å²) in [6, 6.07) is 0.576. The number of hydrogen-bond acceptors (Lipinski definition) is 3. The molecular weight excluding hydrogens is 226 g/mol. The van der Waals surface area contributed by atoms with Crippen LogP contribution in [0.2, 0.25) is 0 Å². The summed E-state index contributed by atoms with van der Waals surface area (Å²) >= 11 is 0. The molecule has 0 saturated heterocycles. The highest BCUT2D eigenvalue weighted by Crippen LogP contribution is 2.47. The molecule has 102 valence electrons. The van der Waals surface area contributed by atoms with Gasteiger partial charge in [-0.15, -0.1) is 0 Å². The first-order chi connectivity index (χ1) is 8.73. The second-order valence-corrected chi connectivity index (χ2v) is 6.42. The van der Waals surface area contributed by atoms with Crippen LogP contribution >= 0.6 is 0 Å². The topological polar surface area (TPSA) is 38.3 Å². The van der Waals surface area contributed by atoms with Crippen LogP contribution in [0.1, 0.15) is 58.3 Å². The van der Waals surface area contributed by atoms with Gasteiger partial charge in [0, 0.05) is 6.04 Å². The summed E-state index contributed by atoms with van der Waals surface area (Å²) in [6.45, 7) is 2.41. The summed E-state index contributed by atoms with van der Waals surface area (Å²) in [5.41, 5.74) is -0.345. The molecule has 1 N–H and O–H groups in total. The molecule has 3 fully saturated rings. The van der Waals surface area contributed by atoms with Gasteiger partial charge in [0.15, 0.2) is 0 Å². The van der Waals surface area contributed by atoms with Gasteiger partial charge < -0.3 is 4.74 Å². The molecule has 18 heavy (non-hydrogen) atoms. The van der Waals surface area contributed by atoms with Crippen molar-refractivity contribution in [2.45, 2.75) is 69.9 Å². The Morgan fingerprint density at radius 3 is 2.61 bits per heavy atom. The van der Waals surface area contributed by atoms with E-state index in [1.54, 1.807) is 0 Å².